The second kappa shape index (κ2) is 5.91. The van der Waals surface area contributed by atoms with Crippen LogP contribution in [-0.4, -0.2) is 17.4 Å². The second-order valence-corrected chi connectivity index (χ2v) is 3.93. The molecule has 3 N–H and O–H groups in total. The van der Waals surface area contributed by atoms with E-state index in [1.165, 1.54) is 12.1 Å². The number of aryl methyl sites for hydroxylation is 1. The summed E-state index contributed by atoms with van der Waals surface area (Å²) in [4.78, 5) is 0. The SMILES string of the molecule is Cc1ccc([C@H](N)[C@H](O)C(F)(F)F)cc1Cl.Cl. The Labute approximate surface area is 108 Å². The van der Waals surface area contributed by atoms with Crippen LogP contribution >= 0.6 is 24.0 Å². The molecule has 0 aliphatic rings. The molecule has 7 heteroatoms. The highest BCUT2D eigenvalue weighted by Crippen LogP contribution is 2.30. The summed E-state index contributed by atoms with van der Waals surface area (Å²) >= 11 is 5.76. The van der Waals surface area contributed by atoms with Crippen molar-refractivity contribution in [1.29, 1.82) is 0 Å². The highest BCUT2D eigenvalue weighted by Gasteiger charge is 2.42. The van der Waals surface area contributed by atoms with Crippen LogP contribution < -0.4 is 5.73 Å². The van der Waals surface area contributed by atoms with Gasteiger partial charge in [0, 0.05) is 5.02 Å². The van der Waals surface area contributed by atoms with Crippen LogP contribution in [0.2, 0.25) is 5.02 Å². The molecule has 0 aliphatic heterocycles. The monoisotopic (exact) mass is 289 g/mol. The highest BCUT2D eigenvalue weighted by atomic mass is 35.5. The first kappa shape index (κ1) is 16.5. The van der Waals surface area contributed by atoms with E-state index in [9.17, 15) is 13.2 Å². The molecule has 0 radical (unpaired) electrons. The van der Waals surface area contributed by atoms with Crippen LogP contribution in [0.25, 0.3) is 0 Å². The van der Waals surface area contributed by atoms with Gasteiger partial charge in [-0.2, -0.15) is 13.2 Å². The molecule has 17 heavy (non-hydrogen) atoms. The Bertz CT molecular complexity index is 384. The molecule has 0 fully saturated rings. The standard InChI is InChI=1S/C10H11ClF3NO.ClH/c1-5-2-3-6(4-7(5)11)8(15)9(16)10(12,13)14;/h2-4,8-9,16H,15H2,1H3;1H/t8-,9-;/m0./s1. The van der Waals surface area contributed by atoms with E-state index in [0.717, 1.165) is 5.56 Å². The fraction of sp³-hybridized carbons (Fsp3) is 0.400. The lowest BCUT2D eigenvalue weighted by atomic mass is 10.0. The average Bonchev–Trinajstić information content (AvgIpc) is 2.18. The lowest BCUT2D eigenvalue weighted by Gasteiger charge is -2.21. The van der Waals surface area contributed by atoms with Crippen LogP contribution in [-0.2, 0) is 0 Å². The molecule has 1 aromatic carbocycles. The van der Waals surface area contributed by atoms with Gasteiger partial charge in [-0.15, -0.1) is 12.4 Å². The van der Waals surface area contributed by atoms with Gasteiger partial charge in [0.15, 0.2) is 6.10 Å². The molecular formula is C10H12Cl2F3NO. The van der Waals surface area contributed by atoms with Crippen molar-refractivity contribution in [1.82, 2.24) is 0 Å². The molecule has 0 unspecified atom stereocenters. The van der Waals surface area contributed by atoms with Crippen LogP contribution in [0.4, 0.5) is 13.2 Å². The number of rotatable bonds is 2. The third-order valence-corrected chi connectivity index (χ3v) is 2.66. The van der Waals surface area contributed by atoms with E-state index in [1.54, 1.807) is 13.0 Å². The summed E-state index contributed by atoms with van der Waals surface area (Å²) in [7, 11) is 0. The zero-order valence-corrected chi connectivity index (χ0v) is 10.4. The van der Waals surface area contributed by atoms with Crippen molar-refractivity contribution in [2.45, 2.75) is 25.2 Å². The summed E-state index contributed by atoms with van der Waals surface area (Å²) in [5.41, 5.74) is 6.20. The largest absolute Gasteiger partial charge is 0.416 e. The zero-order chi connectivity index (χ0) is 12.5. The molecule has 0 spiro atoms. The summed E-state index contributed by atoms with van der Waals surface area (Å²) in [5, 5.41) is 9.30. The first-order valence-electron chi connectivity index (χ1n) is 4.50. The molecule has 0 saturated heterocycles. The molecular weight excluding hydrogens is 278 g/mol. The van der Waals surface area contributed by atoms with Crippen molar-refractivity contribution in [3.05, 3.63) is 34.3 Å². The van der Waals surface area contributed by atoms with E-state index in [4.69, 9.17) is 22.4 Å². The lowest BCUT2D eigenvalue weighted by molar-refractivity contribution is -0.210. The van der Waals surface area contributed by atoms with Crippen LogP contribution in [0.15, 0.2) is 18.2 Å². The van der Waals surface area contributed by atoms with Gasteiger partial charge in [0.2, 0.25) is 0 Å². The normalized spacial score (nSPS) is 15.0. The van der Waals surface area contributed by atoms with Gasteiger partial charge in [0.25, 0.3) is 0 Å². The minimum Gasteiger partial charge on any atom is -0.382 e. The molecule has 1 aromatic rings. The first-order valence-corrected chi connectivity index (χ1v) is 4.87. The van der Waals surface area contributed by atoms with Gasteiger partial charge in [0.1, 0.15) is 0 Å². The average molecular weight is 290 g/mol. The fourth-order valence-corrected chi connectivity index (χ4v) is 1.39. The Hall–Kier alpha value is -0.490. The van der Waals surface area contributed by atoms with Crippen molar-refractivity contribution in [2.24, 2.45) is 5.73 Å². The minimum atomic E-state index is -4.74. The number of hydrogen-bond acceptors (Lipinski definition) is 2. The van der Waals surface area contributed by atoms with Crippen molar-refractivity contribution in [3.8, 4) is 0 Å². The third kappa shape index (κ3) is 4.03. The first-order chi connectivity index (χ1) is 7.23. The molecule has 0 heterocycles. The Morgan fingerprint density at radius 2 is 1.88 bits per heavy atom. The Morgan fingerprint density at radius 3 is 2.29 bits per heavy atom. The third-order valence-electron chi connectivity index (χ3n) is 2.26. The van der Waals surface area contributed by atoms with Crippen molar-refractivity contribution >= 4 is 24.0 Å². The Morgan fingerprint density at radius 1 is 1.35 bits per heavy atom. The Balaban J connectivity index is 0.00000256. The molecule has 0 amide bonds. The van der Waals surface area contributed by atoms with Crippen LogP contribution in [0.1, 0.15) is 17.2 Å². The molecule has 98 valence electrons. The summed E-state index contributed by atoms with van der Waals surface area (Å²) in [6.45, 7) is 1.72. The maximum atomic E-state index is 12.2. The van der Waals surface area contributed by atoms with Gasteiger partial charge in [-0.3, -0.25) is 0 Å². The van der Waals surface area contributed by atoms with E-state index in [1.807, 2.05) is 0 Å². The van der Waals surface area contributed by atoms with Gasteiger partial charge >= 0.3 is 6.18 Å². The number of aliphatic hydroxyl groups excluding tert-OH is 1. The number of aliphatic hydroxyl groups is 1. The van der Waals surface area contributed by atoms with Crippen molar-refractivity contribution in [2.75, 3.05) is 0 Å². The molecule has 0 bridgehead atoms. The van der Waals surface area contributed by atoms with Gasteiger partial charge in [0.05, 0.1) is 6.04 Å². The van der Waals surface area contributed by atoms with E-state index in [0.29, 0.717) is 5.02 Å². The number of nitrogens with two attached hydrogens (primary N) is 1. The minimum absolute atomic E-state index is 0. The van der Waals surface area contributed by atoms with Crippen LogP contribution in [0.5, 0.6) is 0 Å². The van der Waals surface area contributed by atoms with Crippen LogP contribution in [0.3, 0.4) is 0 Å². The van der Waals surface area contributed by atoms with E-state index >= 15 is 0 Å². The maximum absolute atomic E-state index is 12.2. The molecule has 2 nitrogen and oxygen atoms in total. The molecule has 0 saturated carbocycles. The number of benzene rings is 1. The van der Waals surface area contributed by atoms with Gasteiger partial charge < -0.3 is 10.8 Å². The summed E-state index contributed by atoms with van der Waals surface area (Å²) in [6, 6.07) is 2.77. The Kier molecular flexibility index (Phi) is 5.74. The molecule has 2 atom stereocenters. The van der Waals surface area contributed by atoms with Gasteiger partial charge in [-0.05, 0) is 24.1 Å². The summed E-state index contributed by atoms with van der Waals surface area (Å²) in [5.74, 6) is 0. The molecule has 0 aliphatic carbocycles. The summed E-state index contributed by atoms with van der Waals surface area (Å²) in [6.07, 6.45) is -7.33. The topological polar surface area (TPSA) is 46.2 Å². The fourth-order valence-electron chi connectivity index (χ4n) is 1.20. The molecule has 1 rings (SSSR count). The van der Waals surface area contributed by atoms with Gasteiger partial charge in [-0.25, -0.2) is 0 Å². The smallest absolute Gasteiger partial charge is 0.382 e. The van der Waals surface area contributed by atoms with Crippen LogP contribution in [0, 0.1) is 6.92 Å². The van der Waals surface area contributed by atoms with E-state index < -0.39 is 18.3 Å². The maximum Gasteiger partial charge on any atom is 0.416 e. The molecule has 0 aromatic heterocycles. The van der Waals surface area contributed by atoms with E-state index in [2.05, 4.69) is 0 Å². The van der Waals surface area contributed by atoms with Crippen molar-refractivity contribution < 1.29 is 18.3 Å². The number of halogens is 5. The lowest BCUT2D eigenvalue weighted by Crippen LogP contribution is -2.38. The predicted octanol–water partition coefficient (Wildman–Crippen LogP) is 2.99. The quantitative estimate of drug-likeness (QED) is 0.879. The number of hydrogen-bond donors (Lipinski definition) is 2. The second-order valence-electron chi connectivity index (χ2n) is 3.52. The van der Waals surface area contributed by atoms with Crippen molar-refractivity contribution in [3.63, 3.8) is 0 Å². The summed E-state index contributed by atoms with van der Waals surface area (Å²) < 4.78 is 36.6. The zero-order valence-electron chi connectivity index (χ0n) is 8.83. The predicted molar refractivity (Wildman–Crippen MR) is 62.4 cm³/mol. The number of alkyl halides is 3. The highest BCUT2D eigenvalue weighted by molar-refractivity contribution is 6.31. The van der Waals surface area contributed by atoms with E-state index in [-0.39, 0.29) is 18.0 Å². The van der Waals surface area contributed by atoms with Gasteiger partial charge in [-0.1, -0.05) is 23.7 Å².